The van der Waals surface area contributed by atoms with Crippen molar-refractivity contribution in [2.75, 3.05) is 0 Å². The molecular weight excluding hydrogens is 206 g/mol. The molecule has 0 N–H and O–H groups in total. The monoisotopic (exact) mass is 224 g/mol. The fraction of sp³-hybridized carbons (Fsp3) is 0.312. The Morgan fingerprint density at radius 3 is 2.71 bits per heavy atom. The Morgan fingerprint density at radius 1 is 1.12 bits per heavy atom. The molecule has 1 heteroatoms. The van der Waals surface area contributed by atoms with Crippen molar-refractivity contribution in [3.63, 3.8) is 0 Å². The van der Waals surface area contributed by atoms with Crippen LogP contribution in [0.2, 0.25) is 0 Å². The number of benzene rings is 1. The van der Waals surface area contributed by atoms with Crippen LogP contribution in [0.3, 0.4) is 0 Å². The topological polar surface area (TPSA) is 3.88 Å². The molecule has 0 spiro atoms. The van der Waals surface area contributed by atoms with E-state index in [0.717, 1.165) is 6.54 Å². The van der Waals surface area contributed by atoms with Crippen molar-refractivity contribution in [1.82, 2.24) is 0 Å². The molecule has 3 rings (SSSR count). The van der Waals surface area contributed by atoms with E-state index in [1.54, 1.807) is 0 Å². The van der Waals surface area contributed by atoms with Gasteiger partial charge in [-0.3, -0.25) is 0 Å². The standard InChI is InChI=1S/C16H18N/c1-3-16(2)12-17-11-7-6-10-15(17)13-8-4-5-9-14(13)16/h4-11H,3,12H2,1-2H3/q+1. The summed E-state index contributed by atoms with van der Waals surface area (Å²) in [6.45, 7) is 5.73. The molecule has 0 saturated heterocycles. The molecule has 2 aromatic rings. The summed E-state index contributed by atoms with van der Waals surface area (Å²) in [5, 5.41) is 0. The third kappa shape index (κ3) is 1.49. The highest BCUT2D eigenvalue weighted by molar-refractivity contribution is 5.64. The lowest BCUT2D eigenvalue weighted by molar-refractivity contribution is -0.696. The van der Waals surface area contributed by atoms with Gasteiger partial charge >= 0.3 is 0 Å². The number of aromatic nitrogens is 1. The highest BCUT2D eigenvalue weighted by Crippen LogP contribution is 2.38. The summed E-state index contributed by atoms with van der Waals surface area (Å²) < 4.78 is 2.38. The summed E-state index contributed by atoms with van der Waals surface area (Å²) in [5.41, 5.74) is 4.49. The van der Waals surface area contributed by atoms with Crippen LogP contribution in [0.25, 0.3) is 11.3 Å². The van der Waals surface area contributed by atoms with Crippen molar-refractivity contribution < 1.29 is 4.57 Å². The Labute approximate surface area is 103 Å². The van der Waals surface area contributed by atoms with E-state index < -0.39 is 0 Å². The fourth-order valence-electron chi connectivity index (χ4n) is 2.85. The zero-order valence-electron chi connectivity index (χ0n) is 10.5. The number of hydrogen-bond donors (Lipinski definition) is 0. The normalized spacial score (nSPS) is 21.8. The zero-order valence-corrected chi connectivity index (χ0v) is 10.5. The Kier molecular flexibility index (Phi) is 2.29. The van der Waals surface area contributed by atoms with E-state index in [0.29, 0.717) is 0 Å². The van der Waals surface area contributed by atoms with Crippen LogP contribution in [-0.2, 0) is 12.0 Å². The molecule has 0 aliphatic carbocycles. The van der Waals surface area contributed by atoms with Gasteiger partial charge in [0, 0.05) is 12.1 Å². The first-order valence-corrected chi connectivity index (χ1v) is 6.33. The Bertz CT molecular complexity index is 559. The van der Waals surface area contributed by atoms with E-state index in [2.05, 4.69) is 67.1 Å². The Balaban J connectivity index is 2.30. The molecule has 1 unspecified atom stereocenters. The van der Waals surface area contributed by atoms with Crippen LogP contribution < -0.4 is 4.57 Å². The van der Waals surface area contributed by atoms with Gasteiger partial charge in [0.05, 0.1) is 11.0 Å². The maximum absolute atomic E-state index is 2.38. The third-order valence-corrected chi connectivity index (χ3v) is 4.09. The molecule has 2 heterocycles. The van der Waals surface area contributed by atoms with Gasteiger partial charge in [0.15, 0.2) is 12.7 Å². The quantitative estimate of drug-likeness (QED) is 0.654. The molecule has 1 aliphatic heterocycles. The SMILES string of the molecule is CCC1(C)C[n+]2ccccc2-c2ccccc21. The predicted molar refractivity (Wildman–Crippen MR) is 69.7 cm³/mol. The van der Waals surface area contributed by atoms with Crippen molar-refractivity contribution in [1.29, 1.82) is 0 Å². The van der Waals surface area contributed by atoms with Crippen molar-refractivity contribution in [3.8, 4) is 11.3 Å². The van der Waals surface area contributed by atoms with E-state index in [1.165, 1.54) is 23.2 Å². The van der Waals surface area contributed by atoms with E-state index >= 15 is 0 Å². The van der Waals surface area contributed by atoms with Gasteiger partial charge in [-0.1, -0.05) is 25.1 Å². The molecule has 1 aromatic heterocycles. The van der Waals surface area contributed by atoms with Gasteiger partial charge in [0.2, 0.25) is 5.69 Å². The molecule has 1 aliphatic rings. The number of hydrogen-bond acceptors (Lipinski definition) is 0. The molecule has 0 amide bonds. The number of rotatable bonds is 1. The largest absolute Gasteiger partial charge is 0.212 e. The van der Waals surface area contributed by atoms with Crippen molar-refractivity contribution in [2.24, 2.45) is 0 Å². The van der Waals surface area contributed by atoms with Gasteiger partial charge in [-0.2, -0.15) is 4.57 Å². The zero-order chi connectivity index (χ0) is 11.9. The molecular formula is C16H18N+. The second kappa shape index (κ2) is 3.69. The third-order valence-electron chi connectivity index (χ3n) is 4.09. The molecule has 0 bridgehead atoms. The van der Waals surface area contributed by atoms with E-state index in [1.807, 2.05) is 0 Å². The summed E-state index contributed by atoms with van der Waals surface area (Å²) in [6.07, 6.45) is 3.37. The summed E-state index contributed by atoms with van der Waals surface area (Å²) >= 11 is 0. The molecule has 1 nitrogen and oxygen atoms in total. The van der Waals surface area contributed by atoms with Crippen molar-refractivity contribution >= 4 is 0 Å². The van der Waals surface area contributed by atoms with Gasteiger partial charge in [-0.15, -0.1) is 0 Å². The first kappa shape index (κ1) is 10.5. The Morgan fingerprint density at radius 2 is 1.88 bits per heavy atom. The highest BCUT2D eigenvalue weighted by atomic mass is 15.0. The minimum Gasteiger partial charge on any atom is -0.197 e. The summed E-state index contributed by atoms with van der Waals surface area (Å²) in [6, 6.07) is 15.3. The number of pyridine rings is 1. The van der Waals surface area contributed by atoms with Crippen molar-refractivity contribution in [3.05, 3.63) is 54.2 Å². The molecule has 17 heavy (non-hydrogen) atoms. The van der Waals surface area contributed by atoms with Crippen LogP contribution in [0.15, 0.2) is 48.7 Å². The van der Waals surface area contributed by atoms with Gasteiger partial charge in [0.25, 0.3) is 0 Å². The van der Waals surface area contributed by atoms with E-state index in [-0.39, 0.29) is 5.41 Å². The number of fused-ring (bicyclic) bond motifs is 3. The molecule has 0 radical (unpaired) electrons. The predicted octanol–water partition coefficient (Wildman–Crippen LogP) is 3.32. The minimum atomic E-state index is 0.260. The Hall–Kier alpha value is -1.63. The lowest BCUT2D eigenvalue weighted by Gasteiger charge is -2.31. The maximum Gasteiger partial charge on any atom is 0.212 e. The first-order valence-electron chi connectivity index (χ1n) is 6.33. The second-order valence-electron chi connectivity index (χ2n) is 5.17. The maximum atomic E-state index is 2.38. The van der Waals surface area contributed by atoms with Crippen molar-refractivity contribution in [2.45, 2.75) is 32.2 Å². The summed E-state index contributed by atoms with van der Waals surface area (Å²) in [4.78, 5) is 0. The van der Waals surface area contributed by atoms with E-state index in [9.17, 15) is 0 Å². The van der Waals surface area contributed by atoms with Crippen LogP contribution in [0.5, 0.6) is 0 Å². The molecule has 1 atom stereocenters. The number of nitrogens with zero attached hydrogens (tertiary/aromatic N) is 1. The minimum absolute atomic E-state index is 0.260. The summed E-state index contributed by atoms with van der Waals surface area (Å²) in [5.74, 6) is 0. The molecule has 0 fully saturated rings. The van der Waals surface area contributed by atoms with Gasteiger partial charge in [-0.25, -0.2) is 0 Å². The average molecular weight is 224 g/mol. The van der Waals surface area contributed by atoms with Gasteiger partial charge in [0.1, 0.15) is 0 Å². The lowest BCUT2D eigenvalue weighted by Crippen LogP contribution is -2.49. The summed E-state index contributed by atoms with van der Waals surface area (Å²) in [7, 11) is 0. The van der Waals surface area contributed by atoms with Crippen LogP contribution in [0.4, 0.5) is 0 Å². The highest BCUT2D eigenvalue weighted by Gasteiger charge is 2.38. The van der Waals surface area contributed by atoms with Crippen LogP contribution in [0.1, 0.15) is 25.8 Å². The smallest absolute Gasteiger partial charge is 0.197 e. The molecule has 1 aromatic carbocycles. The molecule has 86 valence electrons. The first-order chi connectivity index (χ1) is 8.24. The van der Waals surface area contributed by atoms with Gasteiger partial charge < -0.3 is 0 Å². The van der Waals surface area contributed by atoms with Crippen LogP contribution in [0, 0.1) is 0 Å². The fourth-order valence-corrected chi connectivity index (χ4v) is 2.85. The average Bonchev–Trinajstić information content (AvgIpc) is 2.39. The van der Waals surface area contributed by atoms with Gasteiger partial charge in [-0.05, 0) is 31.0 Å². The second-order valence-corrected chi connectivity index (χ2v) is 5.17. The molecule has 0 saturated carbocycles. The van der Waals surface area contributed by atoms with E-state index in [4.69, 9.17) is 0 Å². The van der Waals surface area contributed by atoms with Crippen LogP contribution in [-0.4, -0.2) is 0 Å². The van der Waals surface area contributed by atoms with Crippen LogP contribution >= 0.6 is 0 Å². The lowest BCUT2D eigenvalue weighted by atomic mass is 9.74.